The summed E-state index contributed by atoms with van der Waals surface area (Å²) in [6.45, 7) is 5.98. The summed E-state index contributed by atoms with van der Waals surface area (Å²) in [5, 5.41) is 11.0. The molecule has 1 aromatic rings. The van der Waals surface area contributed by atoms with Gasteiger partial charge in [-0.3, -0.25) is 4.79 Å². The first-order valence-corrected chi connectivity index (χ1v) is 6.76. The topological polar surface area (TPSA) is 61.4 Å². The van der Waals surface area contributed by atoms with Gasteiger partial charge in [-0.15, -0.1) is 10.2 Å². The van der Waals surface area contributed by atoms with Crippen LogP contribution in [0.3, 0.4) is 0 Å². The molecule has 2 heterocycles. The van der Waals surface area contributed by atoms with Crippen LogP contribution in [0.15, 0.2) is 12.1 Å². The predicted molar refractivity (Wildman–Crippen MR) is 75.3 cm³/mol. The lowest BCUT2D eigenvalue weighted by molar-refractivity contribution is -0.116. The van der Waals surface area contributed by atoms with E-state index in [2.05, 4.69) is 32.4 Å². The van der Waals surface area contributed by atoms with Crippen LogP contribution < -0.4 is 10.2 Å². The van der Waals surface area contributed by atoms with Crippen LogP contribution in [0.2, 0.25) is 0 Å². The zero-order chi connectivity index (χ0) is 13.7. The summed E-state index contributed by atoms with van der Waals surface area (Å²) in [5.74, 6) is 1.39. The van der Waals surface area contributed by atoms with Crippen molar-refractivity contribution in [1.29, 1.82) is 0 Å². The molecule has 0 aliphatic carbocycles. The van der Waals surface area contributed by atoms with Gasteiger partial charge in [-0.2, -0.15) is 0 Å². The monoisotopic (exact) mass is 263 g/mol. The first-order valence-electron chi connectivity index (χ1n) is 6.76. The molecule has 1 aromatic heterocycles. The average Bonchev–Trinajstić information content (AvgIpc) is 2.41. The van der Waals surface area contributed by atoms with E-state index in [9.17, 15) is 4.79 Å². The van der Waals surface area contributed by atoms with Crippen molar-refractivity contribution in [1.82, 2.24) is 15.1 Å². The van der Waals surface area contributed by atoms with Crippen LogP contribution in [-0.4, -0.2) is 54.2 Å². The van der Waals surface area contributed by atoms with E-state index in [1.165, 1.54) is 0 Å². The van der Waals surface area contributed by atoms with Crippen molar-refractivity contribution in [2.75, 3.05) is 43.4 Å². The van der Waals surface area contributed by atoms with Gasteiger partial charge in [0.25, 0.3) is 0 Å². The van der Waals surface area contributed by atoms with E-state index in [0.717, 1.165) is 38.4 Å². The normalized spacial score (nSPS) is 16.4. The van der Waals surface area contributed by atoms with Gasteiger partial charge in [0, 0.05) is 32.6 Å². The van der Waals surface area contributed by atoms with Crippen molar-refractivity contribution in [3.63, 3.8) is 0 Å². The molecule has 1 aliphatic rings. The first-order chi connectivity index (χ1) is 9.19. The summed E-state index contributed by atoms with van der Waals surface area (Å²) in [5.41, 5.74) is 0. The maximum absolute atomic E-state index is 11.4. The fraction of sp³-hybridized carbons (Fsp3) is 0.615. The van der Waals surface area contributed by atoms with Crippen LogP contribution in [0.5, 0.6) is 0 Å². The summed E-state index contributed by atoms with van der Waals surface area (Å²) in [7, 11) is 2.12. The molecule has 0 atom stereocenters. The highest BCUT2D eigenvalue weighted by molar-refractivity contribution is 5.89. The molecule has 1 saturated heterocycles. The fourth-order valence-electron chi connectivity index (χ4n) is 2.03. The highest BCUT2D eigenvalue weighted by Gasteiger charge is 2.15. The number of aromatic nitrogens is 2. The number of carbonyl (C=O) groups excluding carboxylic acids is 1. The molecule has 6 heteroatoms. The molecule has 1 fully saturated rings. The largest absolute Gasteiger partial charge is 0.353 e. The van der Waals surface area contributed by atoms with Crippen LogP contribution in [0.1, 0.15) is 19.8 Å². The summed E-state index contributed by atoms with van der Waals surface area (Å²) < 4.78 is 0. The van der Waals surface area contributed by atoms with E-state index in [0.29, 0.717) is 12.2 Å². The standard InChI is InChI=1S/C13H21N5O/c1-3-4-13(19)14-11-5-6-12(16-15-11)18-9-7-17(2)8-10-18/h5-6H,3-4,7-10H2,1-2H3,(H,14,15,19). The van der Waals surface area contributed by atoms with Gasteiger partial charge in [-0.05, 0) is 25.6 Å². The number of nitrogens with one attached hydrogen (secondary N) is 1. The molecule has 104 valence electrons. The van der Waals surface area contributed by atoms with Gasteiger partial charge in [0.2, 0.25) is 5.91 Å². The van der Waals surface area contributed by atoms with Gasteiger partial charge in [-0.1, -0.05) is 6.92 Å². The Balaban J connectivity index is 1.92. The minimum Gasteiger partial charge on any atom is -0.353 e. The average molecular weight is 263 g/mol. The van der Waals surface area contributed by atoms with Gasteiger partial charge < -0.3 is 15.1 Å². The van der Waals surface area contributed by atoms with E-state index < -0.39 is 0 Å². The van der Waals surface area contributed by atoms with Gasteiger partial charge in [0.1, 0.15) is 0 Å². The number of hydrogen-bond acceptors (Lipinski definition) is 5. The van der Waals surface area contributed by atoms with E-state index in [1.807, 2.05) is 19.1 Å². The van der Waals surface area contributed by atoms with Gasteiger partial charge >= 0.3 is 0 Å². The number of piperazine rings is 1. The zero-order valence-corrected chi connectivity index (χ0v) is 11.6. The molecular formula is C13H21N5O. The lowest BCUT2D eigenvalue weighted by atomic mass is 10.3. The minimum absolute atomic E-state index is 0.0100. The SMILES string of the molecule is CCCC(=O)Nc1ccc(N2CCN(C)CC2)nn1. The second-order valence-electron chi connectivity index (χ2n) is 4.87. The van der Waals surface area contributed by atoms with Crippen LogP contribution in [0, 0.1) is 0 Å². The maximum Gasteiger partial charge on any atom is 0.225 e. The Morgan fingerprint density at radius 2 is 2.00 bits per heavy atom. The second-order valence-corrected chi connectivity index (χ2v) is 4.87. The van der Waals surface area contributed by atoms with Gasteiger partial charge in [-0.25, -0.2) is 0 Å². The van der Waals surface area contributed by atoms with Crippen LogP contribution in [0.25, 0.3) is 0 Å². The number of carbonyl (C=O) groups is 1. The Morgan fingerprint density at radius 3 is 2.58 bits per heavy atom. The molecule has 0 unspecified atom stereocenters. The molecule has 0 spiro atoms. The zero-order valence-electron chi connectivity index (χ0n) is 11.6. The molecule has 0 radical (unpaired) electrons. The third-order valence-electron chi connectivity index (χ3n) is 3.22. The molecule has 0 bridgehead atoms. The number of nitrogens with zero attached hydrogens (tertiary/aromatic N) is 4. The Labute approximate surface area is 113 Å². The van der Waals surface area contributed by atoms with Crippen molar-refractivity contribution in [3.05, 3.63) is 12.1 Å². The van der Waals surface area contributed by atoms with E-state index in [-0.39, 0.29) is 5.91 Å². The molecule has 2 rings (SSSR count). The molecule has 6 nitrogen and oxygen atoms in total. The van der Waals surface area contributed by atoms with Gasteiger partial charge in [0.05, 0.1) is 0 Å². The molecule has 19 heavy (non-hydrogen) atoms. The molecular weight excluding hydrogens is 242 g/mol. The second kappa shape index (κ2) is 6.47. The van der Waals surface area contributed by atoms with Crippen LogP contribution in [0.4, 0.5) is 11.6 Å². The summed E-state index contributed by atoms with van der Waals surface area (Å²) in [6, 6.07) is 3.73. The van der Waals surface area contributed by atoms with Gasteiger partial charge in [0.15, 0.2) is 11.6 Å². The lowest BCUT2D eigenvalue weighted by Crippen LogP contribution is -2.44. The van der Waals surface area contributed by atoms with Crippen molar-refractivity contribution in [3.8, 4) is 0 Å². The quantitative estimate of drug-likeness (QED) is 0.877. The Hall–Kier alpha value is -1.69. The number of hydrogen-bond donors (Lipinski definition) is 1. The van der Waals surface area contributed by atoms with E-state index in [4.69, 9.17) is 0 Å². The number of likely N-dealkylation sites (N-methyl/N-ethyl adjacent to an activating group) is 1. The predicted octanol–water partition coefficient (Wildman–Crippen LogP) is 0.967. The molecule has 1 N–H and O–H groups in total. The van der Waals surface area contributed by atoms with Crippen molar-refractivity contribution in [2.45, 2.75) is 19.8 Å². The van der Waals surface area contributed by atoms with Crippen LogP contribution >= 0.6 is 0 Å². The minimum atomic E-state index is -0.0100. The maximum atomic E-state index is 11.4. The molecule has 0 aromatic carbocycles. The molecule has 0 saturated carbocycles. The summed E-state index contributed by atoms with van der Waals surface area (Å²) >= 11 is 0. The lowest BCUT2D eigenvalue weighted by Gasteiger charge is -2.32. The molecule has 1 aliphatic heterocycles. The fourth-order valence-corrected chi connectivity index (χ4v) is 2.03. The third-order valence-corrected chi connectivity index (χ3v) is 3.22. The Morgan fingerprint density at radius 1 is 1.26 bits per heavy atom. The van der Waals surface area contributed by atoms with Crippen molar-refractivity contribution in [2.24, 2.45) is 0 Å². The van der Waals surface area contributed by atoms with Crippen LogP contribution in [-0.2, 0) is 4.79 Å². The molecule has 1 amide bonds. The third kappa shape index (κ3) is 3.89. The van der Waals surface area contributed by atoms with E-state index >= 15 is 0 Å². The van der Waals surface area contributed by atoms with Crippen molar-refractivity contribution < 1.29 is 4.79 Å². The van der Waals surface area contributed by atoms with E-state index in [1.54, 1.807) is 0 Å². The van der Waals surface area contributed by atoms with Crippen molar-refractivity contribution >= 4 is 17.5 Å². The summed E-state index contributed by atoms with van der Waals surface area (Å²) in [6.07, 6.45) is 1.35. The highest BCUT2D eigenvalue weighted by Crippen LogP contribution is 2.13. The smallest absolute Gasteiger partial charge is 0.225 e. The Kier molecular flexibility index (Phi) is 4.68. The number of amides is 1. The first kappa shape index (κ1) is 13.7. The highest BCUT2D eigenvalue weighted by atomic mass is 16.1. The number of rotatable bonds is 4. The number of anilines is 2. The Bertz CT molecular complexity index is 412. The summed E-state index contributed by atoms with van der Waals surface area (Å²) in [4.78, 5) is 15.9.